The van der Waals surface area contributed by atoms with Crippen LogP contribution >= 0.6 is 0 Å². The number of fused-ring (bicyclic) bond motifs is 1. The number of pyridine rings is 1. The average molecular weight is 668 g/mol. The molecule has 1 aliphatic carbocycles. The van der Waals surface area contributed by atoms with Crippen molar-refractivity contribution in [3.05, 3.63) is 95.7 Å². The molecule has 6 rings (SSSR count). The second kappa shape index (κ2) is 12.2. The number of halogens is 3. The minimum Gasteiger partial charge on any atom is -0.384 e. The lowest BCUT2D eigenvalue weighted by Crippen LogP contribution is -2.43. The Morgan fingerprint density at radius 2 is 1.79 bits per heavy atom. The summed E-state index contributed by atoms with van der Waals surface area (Å²) in [7, 11) is -2.97. The number of hydrogen-bond acceptors (Lipinski definition) is 7. The van der Waals surface area contributed by atoms with E-state index in [0.29, 0.717) is 36.4 Å². The minimum atomic E-state index is -4.34. The molecule has 0 spiro atoms. The molecule has 0 saturated heterocycles. The van der Waals surface area contributed by atoms with E-state index in [1.807, 2.05) is 37.3 Å². The van der Waals surface area contributed by atoms with E-state index in [0.717, 1.165) is 10.1 Å². The van der Waals surface area contributed by atoms with Gasteiger partial charge in [0.1, 0.15) is 22.5 Å². The minimum absolute atomic E-state index is 0.00866. The number of nitrogens with one attached hydrogen (secondary N) is 2. The molecule has 1 amide bonds. The zero-order valence-corrected chi connectivity index (χ0v) is 26.5. The zero-order valence-electron chi connectivity index (χ0n) is 25.7. The number of carbonyl (C=O) groups is 1. The molecular weight excluding hydrogens is 635 g/mol. The van der Waals surface area contributed by atoms with Crippen molar-refractivity contribution in [3.8, 4) is 11.3 Å². The van der Waals surface area contributed by atoms with Crippen molar-refractivity contribution in [2.45, 2.75) is 49.8 Å². The summed E-state index contributed by atoms with van der Waals surface area (Å²) in [5, 5.41) is 17.8. The average Bonchev–Trinajstić information content (AvgIpc) is 3.73. The van der Waals surface area contributed by atoms with Crippen LogP contribution in [0.4, 0.5) is 18.9 Å². The van der Waals surface area contributed by atoms with Gasteiger partial charge < -0.3 is 19.5 Å². The van der Waals surface area contributed by atoms with Crippen LogP contribution in [0.25, 0.3) is 22.2 Å². The van der Waals surface area contributed by atoms with Gasteiger partial charge in [-0.3, -0.25) is 9.78 Å². The SMILES string of the molecule is CC1CCC(CC(C)(O)c2cc(-c3ccccc3)on2)C1NS(=O)(=O)c1c2ncccc2c(C(=O)Nc2cc(F)c(F)c(F)c2)n1C. The topological polar surface area (TPSA) is 139 Å². The first kappa shape index (κ1) is 32.4. The van der Waals surface area contributed by atoms with Crippen molar-refractivity contribution >= 4 is 32.5 Å². The van der Waals surface area contributed by atoms with Crippen LogP contribution in [0.1, 0.15) is 49.3 Å². The number of aromatic nitrogens is 3. The number of anilines is 1. The second-order valence-corrected chi connectivity index (χ2v) is 13.8. The van der Waals surface area contributed by atoms with Gasteiger partial charge in [-0.25, -0.2) is 26.3 Å². The Labute approximate surface area is 268 Å². The van der Waals surface area contributed by atoms with Crippen LogP contribution in [-0.2, 0) is 22.7 Å². The van der Waals surface area contributed by atoms with Gasteiger partial charge in [0.05, 0.1) is 0 Å². The highest BCUT2D eigenvalue weighted by atomic mass is 32.2. The second-order valence-electron chi connectivity index (χ2n) is 12.2. The van der Waals surface area contributed by atoms with E-state index in [1.165, 1.54) is 25.4 Å². The van der Waals surface area contributed by atoms with E-state index in [2.05, 4.69) is 20.2 Å². The van der Waals surface area contributed by atoms with Crippen molar-refractivity contribution < 1.29 is 36.0 Å². The van der Waals surface area contributed by atoms with E-state index in [1.54, 1.807) is 13.0 Å². The molecule has 3 N–H and O–H groups in total. The van der Waals surface area contributed by atoms with E-state index in [9.17, 15) is 31.5 Å². The van der Waals surface area contributed by atoms with Gasteiger partial charge in [0.25, 0.3) is 15.9 Å². The number of carbonyl (C=O) groups excluding carboxylic acids is 1. The maximum absolute atomic E-state index is 14.1. The predicted octanol–water partition coefficient (Wildman–Crippen LogP) is 5.89. The summed E-state index contributed by atoms with van der Waals surface area (Å²) in [6.07, 6.45) is 2.91. The predicted molar refractivity (Wildman–Crippen MR) is 167 cm³/mol. The van der Waals surface area contributed by atoms with E-state index >= 15 is 0 Å². The molecule has 4 atom stereocenters. The first-order valence-corrected chi connectivity index (χ1v) is 16.4. The molecule has 0 bridgehead atoms. The van der Waals surface area contributed by atoms with E-state index in [4.69, 9.17) is 4.52 Å². The Hall–Kier alpha value is -4.53. The molecule has 4 unspecified atom stereocenters. The lowest BCUT2D eigenvalue weighted by Gasteiger charge is -2.30. The summed E-state index contributed by atoms with van der Waals surface area (Å²) in [5.74, 6) is -5.44. The number of hydrogen-bond donors (Lipinski definition) is 3. The lowest BCUT2D eigenvalue weighted by atomic mass is 9.85. The third-order valence-corrected chi connectivity index (χ3v) is 10.4. The maximum atomic E-state index is 14.1. The van der Waals surface area contributed by atoms with Crippen molar-refractivity contribution in [1.82, 2.24) is 19.4 Å². The molecule has 1 fully saturated rings. The van der Waals surface area contributed by atoms with Crippen LogP contribution in [0.2, 0.25) is 0 Å². The molecule has 2 aromatic carbocycles. The fraction of sp³-hybridized carbons (Fsp3) is 0.303. The van der Waals surface area contributed by atoms with Gasteiger partial charge in [0.15, 0.2) is 28.2 Å². The highest BCUT2D eigenvalue weighted by Crippen LogP contribution is 2.41. The van der Waals surface area contributed by atoms with E-state index < -0.39 is 45.0 Å². The molecule has 3 heterocycles. The Balaban J connectivity index is 1.28. The van der Waals surface area contributed by atoms with E-state index in [-0.39, 0.29) is 45.6 Å². The summed E-state index contributed by atoms with van der Waals surface area (Å²) >= 11 is 0. The Morgan fingerprint density at radius 3 is 2.49 bits per heavy atom. The number of benzene rings is 2. The molecule has 5 aromatic rings. The summed E-state index contributed by atoms with van der Waals surface area (Å²) in [5.41, 5.74) is -0.794. The normalized spacial score (nSPS) is 19.6. The fourth-order valence-electron chi connectivity index (χ4n) is 6.47. The molecule has 246 valence electrons. The third kappa shape index (κ3) is 6.15. The quantitative estimate of drug-likeness (QED) is 0.167. The highest BCUT2D eigenvalue weighted by Gasteiger charge is 2.42. The molecule has 3 aromatic heterocycles. The van der Waals surface area contributed by atoms with Gasteiger partial charge >= 0.3 is 0 Å². The van der Waals surface area contributed by atoms with Crippen LogP contribution in [0, 0.1) is 29.3 Å². The number of aliphatic hydroxyl groups is 1. The van der Waals surface area contributed by atoms with Crippen molar-refractivity contribution in [1.29, 1.82) is 0 Å². The third-order valence-electron chi connectivity index (χ3n) is 8.80. The molecule has 14 heteroatoms. The molecule has 47 heavy (non-hydrogen) atoms. The van der Waals surface area contributed by atoms with Gasteiger partial charge in [-0.2, -0.15) is 0 Å². The van der Waals surface area contributed by atoms with Gasteiger partial charge in [-0.05, 0) is 50.2 Å². The molecular formula is C33H32F3N5O5S. The van der Waals surface area contributed by atoms with Crippen LogP contribution < -0.4 is 10.0 Å². The summed E-state index contributed by atoms with van der Waals surface area (Å²) < 4.78 is 78.8. The van der Waals surface area contributed by atoms with Crippen molar-refractivity contribution in [2.75, 3.05) is 5.32 Å². The monoisotopic (exact) mass is 667 g/mol. The summed E-state index contributed by atoms with van der Waals surface area (Å²) in [6, 6.07) is 14.7. The number of sulfonamides is 1. The van der Waals surface area contributed by atoms with Gasteiger partial charge in [-0.1, -0.05) is 42.4 Å². The Morgan fingerprint density at radius 1 is 1.09 bits per heavy atom. The lowest BCUT2D eigenvalue weighted by molar-refractivity contribution is 0.0200. The van der Waals surface area contributed by atoms with Crippen LogP contribution in [0.15, 0.2) is 76.4 Å². The van der Waals surface area contributed by atoms with Gasteiger partial charge in [-0.15, -0.1) is 0 Å². The maximum Gasteiger partial charge on any atom is 0.273 e. The van der Waals surface area contributed by atoms with Crippen LogP contribution in [-0.4, -0.2) is 40.2 Å². The zero-order chi connectivity index (χ0) is 33.7. The van der Waals surface area contributed by atoms with Crippen LogP contribution in [0.3, 0.4) is 0 Å². The standard InChI is InChI=1S/C33H32F3N5O5S/c1-18-11-12-20(17-33(2,43)26-16-25(46-39-26)19-8-5-4-6-9-19)28(18)40-47(44,45)32-29-22(10-7-13-37-29)30(41(32)3)31(42)38-21-14-23(34)27(36)24(35)15-21/h4-10,13-16,18,20,28,40,43H,11-12,17H2,1-3H3,(H,38,42). The van der Waals surface area contributed by atoms with Crippen molar-refractivity contribution in [3.63, 3.8) is 0 Å². The summed E-state index contributed by atoms with van der Waals surface area (Å²) in [4.78, 5) is 17.6. The smallest absolute Gasteiger partial charge is 0.273 e. The Bertz CT molecular complexity index is 2060. The van der Waals surface area contributed by atoms with Gasteiger partial charge in [0, 0.05) is 54.1 Å². The molecule has 1 saturated carbocycles. The molecule has 1 aliphatic rings. The number of amides is 1. The molecule has 0 radical (unpaired) electrons. The van der Waals surface area contributed by atoms with Crippen molar-refractivity contribution in [2.24, 2.45) is 18.9 Å². The fourth-order valence-corrected chi connectivity index (χ4v) is 8.23. The highest BCUT2D eigenvalue weighted by molar-refractivity contribution is 7.89. The first-order chi connectivity index (χ1) is 22.3. The Kier molecular flexibility index (Phi) is 8.45. The molecule has 10 nitrogen and oxygen atoms in total. The molecule has 0 aliphatic heterocycles. The number of nitrogens with zero attached hydrogens (tertiary/aromatic N) is 3. The van der Waals surface area contributed by atoms with Crippen LogP contribution in [0.5, 0.6) is 0 Å². The summed E-state index contributed by atoms with van der Waals surface area (Å²) in [6.45, 7) is 3.54. The van der Waals surface area contributed by atoms with Gasteiger partial charge in [0.2, 0.25) is 0 Å². The number of rotatable bonds is 9. The first-order valence-electron chi connectivity index (χ1n) is 14.9. The largest absolute Gasteiger partial charge is 0.384 e.